The Bertz CT molecular complexity index is 374. The predicted octanol–water partition coefficient (Wildman–Crippen LogP) is 3.07. The molecule has 0 aromatic carbocycles. The summed E-state index contributed by atoms with van der Waals surface area (Å²) in [5, 5.41) is 10.1. The van der Waals surface area contributed by atoms with Crippen LogP contribution in [-0.2, 0) is 9.47 Å². The minimum Gasteiger partial charge on any atom is -0.389 e. The summed E-state index contributed by atoms with van der Waals surface area (Å²) in [5.74, 6) is 0.594. The molecule has 3 aliphatic rings. The Balaban J connectivity index is 1.73. The van der Waals surface area contributed by atoms with Gasteiger partial charge in [-0.3, -0.25) is 0 Å². The highest BCUT2D eigenvalue weighted by Gasteiger charge is 2.41. The van der Waals surface area contributed by atoms with Crippen LogP contribution < -0.4 is 0 Å². The van der Waals surface area contributed by atoms with Gasteiger partial charge in [0.2, 0.25) is 0 Å². The molecule has 0 bridgehead atoms. The maximum absolute atomic E-state index is 10.1. The second-order valence-corrected chi connectivity index (χ2v) is 7.69. The molecule has 114 valence electrons. The Kier molecular flexibility index (Phi) is 3.95. The van der Waals surface area contributed by atoms with Crippen molar-refractivity contribution in [3.05, 3.63) is 11.6 Å². The van der Waals surface area contributed by atoms with Crippen LogP contribution in [0.25, 0.3) is 0 Å². The van der Waals surface area contributed by atoms with Gasteiger partial charge in [0.05, 0.1) is 11.7 Å². The minimum absolute atomic E-state index is 0.0501. The molecule has 0 aromatic heterocycles. The highest BCUT2D eigenvalue weighted by Crippen LogP contribution is 2.45. The van der Waals surface area contributed by atoms with Crippen LogP contribution >= 0.6 is 0 Å². The van der Waals surface area contributed by atoms with Crippen molar-refractivity contribution < 1.29 is 14.6 Å². The Morgan fingerprint density at radius 1 is 1.15 bits per heavy atom. The SMILES string of the molecule is CC1(C)CC(C2CCOC3(CCOCC3)C2)=CC(O)C1. The van der Waals surface area contributed by atoms with Gasteiger partial charge in [-0.05, 0) is 49.9 Å². The molecule has 0 amide bonds. The lowest BCUT2D eigenvalue weighted by atomic mass is 9.69. The average molecular weight is 280 g/mol. The van der Waals surface area contributed by atoms with E-state index in [4.69, 9.17) is 9.47 Å². The molecular formula is C17H28O3. The van der Waals surface area contributed by atoms with E-state index >= 15 is 0 Å². The lowest BCUT2D eigenvalue weighted by Gasteiger charge is -2.45. The lowest BCUT2D eigenvalue weighted by molar-refractivity contribution is -0.143. The molecule has 2 aliphatic heterocycles. The van der Waals surface area contributed by atoms with Gasteiger partial charge < -0.3 is 14.6 Å². The molecule has 2 unspecified atom stereocenters. The van der Waals surface area contributed by atoms with Gasteiger partial charge in [-0.25, -0.2) is 0 Å². The van der Waals surface area contributed by atoms with Crippen molar-refractivity contribution in [3.63, 3.8) is 0 Å². The quantitative estimate of drug-likeness (QED) is 0.750. The third-order valence-corrected chi connectivity index (χ3v) is 5.27. The number of aliphatic hydroxyl groups excluding tert-OH is 1. The van der Waals surface area contributed by atoms with Crippen molar-refractivity contribution in [1.29, 1.82) is 0 Å². The molecule has 0 saturated carbocycles. The number of hydrogen-bond acceptors (Lipinski definition) is 3. The Labute approximate surface area is 122 Å². The zero-order valence-electron chi connectivity index (χ0n) is 12.9. The summed E-state index contributed by atoms with van der Waals surface area (Å²) in [7, 11) is 0. The topological polar surface area (TPSA) is 38.7 Å². The van der Waals surface area contributed by atoms with E-state index in [0.717, 1.165) is 58.3 Å². The maximum Gasteiger partial charge on any atom is 0.0732 e. The molecule has 0 radical (unpaired) electrons. The van der Waals surface area contributed by atoms with E-state index in [1.54, 1.807) is 0 Å². The number of hydrogen-bond donors (Lipinski definition) is 1. The van der Waals surface area contributed by atoms with Crippen LogP contribution in [0.15, 0.2) is 11.6 Å². The van der Waals surface area contributed by atoms with Crippen molar-refractivity contribution >= 4 is 0 Å². The van der Waals surface area contributed by atoms with E-state index in [1.807, 2.05) is 0 Å². The van der Waals surface area contributed by atoms with Crippen LogP contribution in [0.1, 0.15) is 52.4 Å². The highest BCUT2D eigenvalue weighted by molar-refractivity contribution is 5.17. The largest absolute Gasteiger partial charge is 0.389 e. The molecule has 20 heavy (non-hydrogen) atoms. The summed E-state index contributed by atoms with van der Waals surface area (Å²) in [6.45, 7) is 7.07. The summed E-state index contributed by atoms with van der Waals surface area (Å²) in [6.07, 6.45) is 8.17. The van der Waals surface area contributed by atoms with Crippen LogP contribution in [0.2, 0.25) is 0 Å². The van der Waals surface area contributed by atoms with Gasteiger partial charge >= 0.3 is 0 Å². The third-order valence-electron chi connectivity index (χ3n) is 5.27. The van der Waals surface area contributed by atoms with E-state index in [2.05, 4.69) is 19.9 Å². The predicted molar refractivity (Wildman–Crippen MR) is 78.6 cm³/mol. The number of allylic oxidation sites excluding steroid dienone is 1. The number of rotatable bonds is 1. The molecule has 2 saturated heterocycles. The first kappa shape index (κ1) is 14.6. The van der Waals surface area contributed by atoms with Gasteiger partial charge in [0.15, 0.2) is 0 Å². The fourth-order valence-corrected chi connectivity index (χ4v) is 4.27. The molecule has 3 nitrogen and oxygen atoms in total. The van der Waals surface area contributed by atoms with Gasteiger partial charge in [0.25, 0.3) is 0 Å². The Hall–Kier alpha value is -0.380. The monoisotopic (exact) mass is 280 g/mol. The first-order chi connectivity index (χ1) is 9.48. The molecule has 0 aromatic rings. The highest BCUT2D eigenvalue weighted by atomic mass is 16.5. The van der Waals surface area contributed by atoms with Crippen LogP contribution in [0.4, 0.5) is 0 Å². The van der Waals surface area contributed by atoms with E-state index in [1.165, 1.54) is 5.57 Å². The van der Waals surface area contributed by atoms with Crippen LogP contribution in [0, 0.1) is 11.3 Å². The minimum atomic E-state index is -0.262. The smallest absolute Gasteiger partial charge is 0.0732 e. The van der Waals surface area contributed by atoms with Crippen LogP contribution in [0.5, 0.6) is 0 Å². The normalized spacial score (nSPS) is 36.6. The van der Waals surface area contributed by atoms with Gasteiger partial charge in [-0.2, -0.15) is 0 Å². The summed E-state index contributed by atoms with van der Waals surface area (Å²) < 4.78 is 11.6. The fraction of sp³-hybridized carbons (Fsp3) is 0.882. The van der Waals surface area contributed by atoms with E-state index in [9.17, 15) is 5.11 Å². The van der Waals surface area contributed by atoms with Gasteiger partial charge in [0, 0.05) is 19.8 Å². The molecule has 3 heteroatoms. The van der Waals surface area contributed by atoms with Gasteiger partial charge in [-0.1, -0.05) is 25.5 Å². The second-order valence-electron chi connectivity index (χ2n) is 7.69. The van der Waals surface area contributed by atoms with Crippen molar-refractivity contribution in [2.24, 2.45) is 11.3 Å². The van der Waals surface area contributed by atoms with Crippen molar-refractivity contribution in [1.82, 2.24) is 0 Å². The molecule has 1 N–H and O–H groups in total. The summed E-state index contributed by atoms with van der Waals surface area (Å²) >= 11 is 0. The van der Waals surface area contributed by atoms with Gasteiger partial charge in [0.1, 0.15) is 0 Å². The molecular weight excluding hydrogens is 252 g/mol. The summed E-state index contributed by atoms with van der Waals surface area (Å²) in [4.78, 5) is 0. The number of ether oxygens (including phenoxy) is 2. The third kappa shape index (κ3) is 3.10. The molecule has 2 heterocycles. The van der Waals surface area contributed by atoms with Gasteiger partial charge in [-0.15, -0.1) is 0 Å². The van der Waals surface area contributed by atoms with Crippen molar-refractivity contribution in [2.45, 2.75) is 64.1 Å². The fourth-order valence-electron chi connectivity index (χ4n) is 4.27. The summed E-state index contributed by atoms with van der Waals surface area (Å²) in [5.41, 5.74) is 1.75. The van der Waals surface area contributed by atoms with Crippen LogP contribution in [0.3, 0.4) is 0 Å². The Morgan fingerprint density at radius 3 is 2.60 bits per heavy atom. The van der Waals surface area contributed by atoms with Crippen LogP contribution in [-0.4, -0.2) is 36.6 Å². The lowest BCUT2D eigenvalue weighted by Crippen LogP contribution is -2.45. The standard InChI is InChI=1S/C17H28O3/c1-16(2)10-14(9-15(18)12-16)13-3-6-20-17(11-13)4-7-19-8-5-17/h9,13,15,18H,3-8,10-12H2,1-2H3. The Morgan fingerprint density at radius 2 is 1.90 bits per heavy atom. The van der Waals surface area contributed by atoms with E-state index in [0.29, 0.717) is 5.92 Å². The van der Waals surface area contributed by atoms with E-state index in [-0.39, 0.29) is 17.1 Å². The zero-order valence-corrected chi connectivity index (χ0v) is 12.9. The molecule has 1 aliphatic carbocycles. The maximum atomic E-state index is 10.1. The average Bonchev–Trinajstić information content (AvgIpc) is 2.37. The van der Waals surface area contributed by atoms with Crippen molar-refractivity contribution in [3.8, 4) is 0 Å². The molecule has 3 rings (SSSR count). The second kappa shape index (κ2) is 5.43. The zero-order chi connectivity index (χ0) is 14.2. The number of aliphatic hydroxyl groups is 1. The first-order valence-corrected chi connectivity index (χ1v) is 8.09. The summed E-state index contributed by atoms with van der Waals surface area (Å²) in [6, 6.07) is 0. The molecule has 1 spiro atoms. The van der Waals surface area contributed by atoms with Crippen molar-refractivity contribution in [2.75, 3.05) is 19.8 Å². The van der Waals surface area contributed by atoms with E-state index < -0.39 is 0 Å². The molecule has 2 atom stereocenters. The molecule has 2 fully saturated rings. The first-order valence-electron chi connectivity index (χ1n) is 8.09.